The van der Waals surface area contributed by atoms with Crippen molar-refractivity contribution in [1.29, 1.82) is 0 Å². The predicted molar refractivity (Wildman–Crippen MR) is 634 cm³/mol. The topological polar surface area (TPSA) is 256 Å². The van der Waals surface area contributed by atoms with E-state index in [4.69, 9.17) is 17.6 Å². The first kappa shape index (κ1) is 121. The molecule has 21 nitrogen and oxygen atoms in total. The average molecular weight is 2550 g/mol. The summed E-state index contributed by atoms with van der Waals surface area (Å²) in [4.78, 5) is 143. The van der Waals surface area contributed by atoms with Gasteiger partial charge in [0.25, 0.3) is 29.5 Å². The van der Waals surface area contributed by atoms with Crippen molar-refractivity contribution in [2.45, 2.75) is 277 Å². The van der Waals surface area contributed by atoms with Crippen LogP contribution in [0.25, 0.3) is 0 Å². The van der Waals surface area contributed by atoms with Crippen LogP contribution in [0.15, 0.2) is 237 Å². The van der Waals surface area contributed by atoms with Gasteiger partial charge in [-0.3, -0.25) is 52.8 Å². The van der Waals surface area contributed by atoms with Crippen molar-refractivity contribution in [2.75, 3.05) is 51.3 Å². The summed E-state index contributed by atoms with van der Waals surface area (Å²) < 4.78 is 9.71. The van der Waals surface area contributed by atoms with E-state index in [0.29, 0.717) is 72.0 Å². The number of benzene rings is 9. The van der Waals surface area contributed by atoms with Crippen LogP contribution in [-0.4, -0.2) is 155 Å². The molecule has 26 heteroatoms. The van der Waals surface area contributed by atoms with Crippen LogP contribution in [0.2, 0.25) is 0 Å². The molecule has 784 valence electrons. The summed E-state index contributed by atoms with van der Waals surface area (Å²) in [5.41, 5.74) is 5.68. The van der Waals surface area contributed by atoms with Crippen LogP contribution in [0, 0.1) is 60.3 Å². The van der Waals surface area contributed by atoms with E-state index in [2.05, 4.69) is 179 Å². The summed E-state index contributed by atoms with van der Waals surface area (Å²) in [5, 5.41) is 15.3. The largest absolute Gasteiger partial charge is 0.497 e. The number of methoxy groups -OCH3 is 1. The first-order chi connectivity index (χ1) is 71.2. The SMILES string of the molecule is C#CCN(C(=O)c1ccccc1I)C(C(=O)NCCCC)C1CCCCC1.C#CCN(C(=O)c1ccccc1I)C(C(=O)NCCCC)c1ccccc1.CCCCNC(=O)C(C1CCCCC1)N(C(=O)c1ccccc1I)C(C)(C)C.CCCCNC(=O)C(C1CCCCC1)N(C(=O)c1ccccc1I)C1CCCCC1.COc1ccc(C(C(=O)NCc2ccccc2)N(C(=O)c2ccccc2I)c2ccccc2)cc1. The molecule has 13 rings (SSSR count). The lowest BCUT2D eigenvalue weighted by atomic mass is 9.81. The molecule has 9 aromatic rings. The zero-order valence-electron chi connectivity index (χ0n) is 86.7. The molecule has 5 N–H and O–H groups in total. The van der Waals surface area contributed by atoms with Gasteiger partial charge < -0.3 is 50.9 Å². The summed E-state index contributed by atoms with van der Waals surface area (Å²) in [7, 11) is 1.59. The average Bonchev–Trinajstić information content (AvgIpc) is 0.778. The van der Waals surface area contributed by atoms with E-state index in [9.17, 15) is 47.9 Å². The summed E-state index contributed by atoms with van der Waals surface area (Å²) in [6.45, 7) is 17.7. The van der Waals surface area contributed by atoms with Gasteiger partial charge in [-0.2, -0.15) is 0 Å². The Balaban J connectivity index is 0.000000205. The number of nitrogens with zero attached hydrogens (tertiary/aromatic N) is 5. The van der Waals surface area contributed by atoms with Gasteiger partial charge in [0.2, 0.25) is 29.5 Å². The molecule has 4 aliphatic carbocycles. The summed E-state index contributed by atoms with van der Waals surface area (Å²) in [5.74, 6) is 5.33. The fourth-order valence-corrected chi connectivity index (χ4v) is 22.7. The number of halogens is 5. The van der Waals surface area contributed by atoms with Crippen LogP contribution < -0.4 is 36.2 Å². The van der Waals surface area contributed by atoms with Gasteiger partial charge in [-0.1, -0.05) is 294 Å². The molecule has 0 aromatic heterocycles. The molecule has 9 aromatic carbocycles. The van der Waals surface area contributed by atoms with Crippen LogP contribution in [0.4, 0.5) is 5.69 Å². The van der Waals surface area contributed by atoms with Gasteiger partial charge in [-0.25, -0.2) is 0 Å². The predicted octanol–water partition coefficient (Wildman–Crippen LogP) is 25.6. The van der Waals surface area contributed by atoms with Crippen LogP contribution in [-0.2, 0) is 30.5 Å². The first-order valence-corrected chi connectivity index (χ1v) is 58.0. The molecule has 0 bridgehead atoms. The molecule has 0 spiro atoms. The Morgan fingerprint density at radius 2 is 0.667 bits per heavy atom. The van der Waals surface area contributed by atoms with E-state index < -0.39 is 29.7 Å². The van der Waals surface area contributed by atoms with Crippen molar-refractivity contribution in [3.63, 3.8) is 0 Å². The molecule has 10 amide bonds. The van der Waals surface area contributed by atoms with Crippen molar-refractivity contribution in [3.05, 3.63) is 299 Å². The molecular weight excluding hydrogens is 2400 g/mol. The van der Waals surface area contributed by atoms with E-state index in [1.807, 2.05) is 237 Å². The number of carbonyl (C=O) groups is 10. The number of hydrogen-bond donors (Lipinski definition) is 5. The van der Waals surface area contributed by atoms with Gasteiger partial charge in [0, 0.05) is 67.8 Å². The number of ether oxygens (including phenoxy) is 1. The van der Waals surface area contributed by atoms with Crippen molar-refractivity contribution < 1.29 is 52.7 Å². The van der Waals surface area contributed by atoms with E-state index in [1.165, 1.54) is 43.4 Å². The van der Waals surface area contributed by atoms with Crippen molar-refractivity contribution >= 4 is 178 Å². The van der Waals surface area contributed by atoms with Crippen molar-refractivity contribution in [3.8, 4) is 30.4 Å². The first-order valence-electron chi connectivity index (χ1n) is 52.6. The zero-order chi connectivity index (χ0) is 106. The number of anilines is 1. The Morgan fingerprint density at radius 1 is 0.347 bits per heavy atom. The highest BCUT2D eigenvalue weighted by molar-refractivity contribution is 14.1. The second-order valence-corrected chi connectivity index (χ2v) is 44.6. The van der Waals surface area contributed by atoms with Gasteiger partial charge in [-0.05, 0) is 330 Å². The van der Waals surface area contributed by atoms with E-state index in [1.54, 1.807) is 47.2 Å². The minimum Gasteiger partial charge on any atom is -0.497 e. The number of amides is 10. The Morgan fingerprint density at radius 3 is 1.07 bits per heavy atom. The fraction of sp³-hybridized carbons (Fsp3) is 0.438. The number of nitrogens with one attached hydrogen (secondary N) is 5. The molecule has 0 heterocycles. The third-order valence-corrected chi connectivity index (χ3v) is 31.9. The number of rotatable bonds is 39. The third-order valence-electron chi connectivity index (χ3n) is 27.2. The Kier molecular flexibility index (Phi) is 53.7. The number of unbranched alkanes of at least 4 members (excludes halogenated alkanes) is 4. The van der Waals surface area contributed by atoms with E-state index in [-0.39, 0.29) is 102 Å². The second-order valence-electron chi connectivity index (χ2n) is 38.8. The van der Waals surface area contributed by atoms with Crippen LogP contribution in [0.1, 0.15) is 309 Å². The van der Waals surface area contributed by atoms with E-state index in [0.717, 1.165) is 176 Å². The normalized spacial score (nSPS) is 14.7. The Labute approximate surface area is 942 Å². The molecule has 0 aliphatic heterocycles. The van der Waals surface area contributed by atoms with Gasteiger partial charge >= 0.3 is 0 Å². The monoisotopic (exact) mass is 2550 g/mol. The Bertz CT molecular complexity index is 5720. The smallest absolute Gasteiger partial charge is 0.260 e. The third kappa shape index (κ3) is 36.8. The van der Waals surface area contributed by atoms with Gasteiger partial charge in [0.15, 0.2) is 0 Å². The standard InChI is InChI=1S/C29H25IN2O3.C25H37IN2O2.C23H35IN2O2.C22H29IN2O2.C22H23IN2O2/c1-35-24-18-16-22(17-19-24)27(28(33)31-20-21-10-4-2-5-11-21)32(23-12-6-3-7-13-23)29(34)25-14-8-9-15-26(25)30;1-2-3-18-27-24(29)23(19-12-6-4-7-13-19)28(20-14-8-5-9-15-20)25(30)21-16-10-11-17-22(21)26;1-5-6-16-25-21(27)20(17-12-8-7-9-13-17)26(23(2,3)4)22(28)18-14-10-11-15-19(18)24;2*1-3-5-15-24-21(26)20(17-11-7-6-8-12-17)25(16-4-2)22(27)18-13-9-10-14-19(18)23/h2-19,27H,20H2,1H3,(H,31,33);10-11,16-17,19-20,23H,2-9,12-15,18H2,1H3,(H,27,29);10-11,14-15,17,20H,5-9,12-13,16H2,1-4H3,(H,25,27);2,9-10,13-14,17,20H,3,5-8,11-12,15-16H2,1H3,(H,24,26);2,6-14,20H,3,5,15-16H2,1H3,(H,24,26). The van der Waals surface area contributed by atoms with Crippen molar-refractivity contribution in [2.24, 2.45) is 17.8 Å². The highest BCUT2D eigenvalue weighted by Crippen LogP contribution is 2.40. The van der Waals surface area contributed by atoms with Crippen LogP contribution in [0.3, 0.4) is 0 Å². The molecule has 0 saturated heterocycles. The lowest BCUT2D eigenvalue weighted by Crippen LogP contribution is -2.60. The highest BCUT2D eigenvalue weighted by Gasteiger charge is 2.46. The number of terminal acetylenes is 2. The molecule has 0 radical (unpaired) electrons. The number of para-hydroxylation sites is 1. The highest BCUT2D eigenvalue weighted by atomic mass is 127. The summed E-state index contributed by atoms with van der Waals surface area (Å²) in [6.07, 6.45) is 41.1. The minimum atomic E-state index is -0.893. The molecule has 147 heavy (non-hydrogen) atoms. The quantitative estimate of drug-likeness (QED) is 0.0137. The molecule has 5 atom stereocenters. The maximum atomic E-state index is 14.0. The molecule has 4 saturated carbocycles. The number of hydrogen-bond acceptors (Lipinski definition) is 11. The zero-order valence-corrected chi connectivity index (χ0v) is 97.5. The summed E-state index contributed by atoms with van der Waals surface area (Å²) in [6, 6.07) is 70.4. The molecule has 4 fully saturated rings. The number of carbonyl (C=O) groups excluding carboxylic acids is 10. The molecule has 5 unspecified atom stereocenters. The maximum absolute atomic E-state index is 14.0. The van der Waals surface area contributed by atoms with Crippen LogP contribution >= 0.6 is 113 Å². The van der Waals surface area contributed by atoms with Crippen molar-refractivity contribution in [1.82, 2.24) is 46.2 Å². The lowest BCUT2D eigenvalue weighted by Gasteiger charge is -2.45. The molecule has 4 aliphatic rings. The molecular formula is C121H149I5N10O11. The van der Waals surface area contributed by atoms with Gasteiger partial charge in [-0.15, -0.1) is 12.8 Å². The summed E-state index contributed by atoms with van der Waals surface area (Å²) >= 11 is 10.9. The van der Waals surface area contributed by atoms with E-state index >= 15 is 0 Å². The lowest BCUT2D eigenvalue weighted by molar-refractivity contribution is -0.130. The Hall–Kier alpha value is -9.75. The minimum absolute atomic E-state index is 0.00886. The van der Waals surface area contributed by atoms with Gasteiger partial charge in [0.1, 0.15) is 36.0 Å². The maximum Gasteiger partial charge on any atom is 0.260 e. The van der Waals surface area contributed by atoms with Gasteiger partial charge in [0.05, 0.1) is 48.0 Å². The van der Waals surface area contributed by atoms with Crippen LogP contribution in [0.5, 0.6) is 5.75 Å². The fourth-order valence-electron chi connectivity index (χ4n) is 19.6. The second kappa shape index (κ2) is 65.4.